The first-order valence-electron chi connectivity index (χ1n) is 8.66. The lowest BCUT2D eigenvalue weighted by Crippen LogP contribution is -2.27. The van der Waals surface area contributed by atoms with E-state index in [4.69, 9.17) is 9.47 Å². The number of hydrogen-bond acceptors (Lipinski definition) is 5. The average molecular weight is 355 g/mol. The Morgan fingerprint density at radius 2 is 2.15 bits per heavy atom. The van der Waals surface area contributed by atoms with Gasteiger partial charge in [-0.3, -0.25) is 4.99 Å². The predicted octanol–water partition coefficient (Wildman–Crippen LogP) is 3.56. The van der Waals surface area contributed by atoms with Crippen LogP contribution >= 0.6 is 0 Å². The third kappa shape index (κ3) is 4.32. The van der Waals surface area contributed by atoms with Crippen molar-refractivity contribution < 1.29 is 14.3 Å². The molecular formula is C20H25N3O3. The summed E-state index contributed by atoms with van der Waals surface area (Å²) in [6, 6.07) is 7.56. The molecule has 1 atom stereocenters. The molecule has 2 aliphatic heterocycles. The van der Waals surface area contributed by atoms with Crippen LogP contribution in [0.4, 0.5) is 4.79 Å². The van der Waals surface area contributed by atoms with Crippen molar-refractivity contribution in [3.8, 4) is 5.75 Å². The molecule has 1 aromatic rings. The second-order valence-electron chi connectivity index (χ2n) is 7.19. The zero-order valence-electron chi connectivity index (χ0n) is 15.7. The SMILES string of the molecule is CN(C)C(=O)Oc1ccccc1CN1C=CCC(C2N=CC(C)(C)O2)=C1. The third-order valence-corrected chi connectivity index (χ3v) is 4.12. The van der Waals surface area contributed by atoms with E-state index in [-0.39, 0.29) is 11.8 Å². The molecule has 0 fully saturated rings. The van der Waals surface area contributed by atoms with Crippen molar-refractivity contribution in [1.82, 2.24) is 9.80 Å². The van der Waals surface area contributed by atoms with Crippen LogP contribution in [-0.4, -0.2) is 48.0 Å². The van der Waals surface area contributed by atoms with Crippen LogP contribution in [0.5, 0.6) is 5.75 Å². The fourth-order valence-electron chi connectivity index (χ4n) is 2.78. The van der Waals surface area contributed by atoms with Crippen LogP contribution in [0.3, 0.4) is 0 Å². The van der Waals surface area contributed by atoms with Crippen molar-refractivity contribution in [3.05, 3.63) is 53.9 Å². The highest BCUT2D eigenvalue weighted by atomic mass is 16.6. The van der Waals surface area contributed by atoms with Crippen molar-refractivity contribution in [2.75, 3.05) is 14.1 Å². The summed E-state index contributed by atoms with van der Waals surface area (Å²) in [5.41, 5.74) is 1.71. The number of benzene rings is 1. The lowest BCUT2D eigenvalue weighted by molar-refractivity contribution is 0.0166. The highest BCUT2D eigenvalue weighted by Crippen LogP contribution is 2.28. The molecule has 0 aromatic heterocycles. The molecule has 2 aliphatic rings. The van der Waals surface area contributed by atoms with Crippen LogP contribution in [0.25, 0.3) is 0 Å². The molecule has 0 saturated carbocycles. The number of allylic oxidation sites excluding steroid dienone is 1. The Morgan fingerprint density at radius 1 is 1.38 bits per heavy atom. The second-order valence-corrected chi connectivity index (χ2v) is 7.19. The Morgan fingerprint density at radius 3 is 2.85 bits per heavy atom. The van der Waals surface area contributed by atoms with Gasteiger partial charge in [0, 0.05) is 43.8 Å². The van der Waals surface area contributed by atoms with Gasteiger partial charge >= 0.3 is 6.09 Å². The van der Waals surface area contributed by atoms with Gasteiger partial charge in [-0.25, -0.2) is 4.79 Å². The normalized spacial score (nSPS) is 20.8. The van der Waals surface area contributed by atoms with Crippen LogP contribution in [0.1, 0.15) is 25.8 Å². The zero-order valence-corrected chi connectivity index (χ0v) is 15.7. The summed E-state index contributed by atoms with van der Waals surface area (Å²) in [6.07, 6.45) is 8.22. The first-order chi connectivity index (χ1) is 12.3. The van der Waals surface area contributed by atoms with E-state index >= 15 is 0 Å². The number of nitrogens with zero attached hydrogens (tertiary/aromatic N) is 3. The Hall–Kier alpha value is -2.60. The molecule has 0 bridgehead atoms. The molecule has 0 spiro atoms. The molecule has 1 amide bonds. The molecule has 26 heavy (non-hydrogen) atoms. The van der Waals surface area contributed by atoms with Gasteiger partial charge in [0.2, 0.25) is 0 Å². The molecule has 138 valence electrons. The Balaban J connectivity index is 1.73. The smallest absolute Gasteiger partial charge is 0.410 e. The molecule has 6 heteroatoms. The molecule has 1 aromatic carbocycles. The largest absolute Gasteiger partial charge is 0.414 e. The van der Waals surface area contributed by atoms with E-state index in [0.717, 1.165) is 17.6 Å². The summed E-state index contributed by atoms with van der Waals surface area (Å²) in [6.45, 7) is 4.60. The number of ether oxygens (including phenoxy) is 2. The zero-order chi connectivity index (χ0) is 18.7. The number of rotatable bonds is 4. The molecule has 3 rings (SSSR count). The predicted molar refractivity (Wildman–Crippen MR) is 101 cm³/mol. The lowest BCUT2D eigenvalue weighted by Gasteiger charge is -2.25. The summed E-state index contributed by atoms with van der Waals surface area (Å²) in [4.78, 5) is 19.8. The van der Waals surface area contributed by atoms with E-state index in [1.807, 2.05) is 50.5 Å². The van der Waals surface area contributed by atoms with Crippen LogP contribution in [0.15, 0.2) is 53.3 Å². The average Bonchev–Trinajstić information content (AvgIpc) is 2.97. The maximum absolute atomic E-state index is 11.9. The quantitative estimate of drug-likeness (QED) is 0.829. The molecule has 6 nitrogen and oxygen atoms in total. The first-order valence-corrected chi connectivity index (χ1v) is 8.66. The molecule has 0 saturated heterocycles. The molecule has 2 heterocycles. The van der Waals surface area contributed by atoms with E-state index in [2.05, 4.69) is 22.2 Å². The summed E-state index contributed by atoms with van der Waals surface area (Å²) < 4.78 is 11.4. The maximum Gasteiger partial charge on any atom is 0.414 e. The minimum Gasteiger partial charge on any atom is -0.410 e. The summed E-state index contributed by atoms with van der Waals surface area (Å²) >= 11 is 0. The second kappa shape index (κ2) is 7.33. The fourth-order valence-corrected chi connectivity index (χ4v) is 2.78. The van der Waals surface area contributed by atoms with E-state index < -0.39 is 6.09 Å². The lowest BCUT2D eigenvalue weighted by atomic mass is 10.1. The van der Waals surface area contributed by atoms with E-state index in [9.17, 15) is 4.79 Å². The van der Waals surface area contributed by atoms with Gasteiger partial charge in [0.25, 0.3) is 0 Å². The molecule has 0 N–H and O–H groups in total. The van der Waals surface area contributed by atoms with Gasteiger partial charge in [-0.1, -0.05) is 24.3 Å². The maximum atomic E-state index is 11.9. The Kier molecular flexibility index (Phi) is 5.13. The highest BCUT2D eigenvalue weighted by Gasteiger charge is 2.30. The number of para-hydroxylation sites is 1. The van der Waals surface area contributed by atoms with Crippen LogP contribution < -0.4 is 4.74 Å². The minimum atomic E-state index is -0.390. The first kappa shape index (κ1) is 18.2. The van der Waals surface area contributed by atoms with Gasteiger partial charge < -0.3 is 19.3 Å². The third-order valence-electron chi connectivity index (χ3n) is 4.12. The number of amides is 1. The number of aliphatic imine (C=N–C) groups is 1. The summed E-state index contributed by atoms with van der Waals surface area (Å²) in [5.74, 6) is 0.566. The van der Waals surface area contributed by atoms with Gasteiger partial charge in [-0.2, -0.15) is 0 Å². The molecule has 1 unspecified atom stereocenters. The topological polar surface area (TPSA) is 54.4 Å². The minimum absolute atomic E-state index is 0.237. The summed E-state index contributed by atoms with van der Waals surface area (Å²) in [7, 11) is 3.33. The monoisotopic (exact) mass is 355 g/mol. The van der Waals surface area contributed by atoms with E-state index in [1.54, 1.807) is 14.1 Å². The van der Waals surface area contributed by atoms with Crippen LogP contribution in [0.2, 0.25) is 0 Å². The van der Waals surface area contributed by atoms with Crippen molar-refractivity contribution in [2.24, 2.45) is 4.99 Å². The van der Waals surface area contributed by atoms with Crippen LogP contribution in [0, 0.1) is 0 Å². The Bertz CT molecular complexity index is 765. The van der Waals surface area contributed by atoms with Gasteiger partial charge in [0.05, 0.1) is 6.54 Å². The van der Waals surface area contributed by atoms with Crippen molar-refractivity contribution in [2.45, 2.75) is 38.6 Å². The number of carbonyl (C=O) groups is 1. The van der Waals surface area contributed by atoms with Crippen molar-refractivity contribution >= 4 is 12.3 Å². The number of carbonyl (C=O) groups excluding carboxylic acids is 1. The van der Waals surface area contributed by atoms with Gasteiger partial charge in [0.1, 0.15) is 11.4 Å². The van der Waals surface area contributed by atoms with Gasteiger partial charge in [0.15, 0.2) is 6.23 Å². The Labute approximate surface area is 154 Å². The fraction of sp³-hybridized carbons (Fsp3) is 0.400. The van der Waals surface area contributed by atoms with Gasteiger partial charge in [-0.05, 0) is 26.3 Å². The number of hydrogen-bond donors (Lipinski definition) is 0. The molecular weight excluding hydrogens is 330 g/mol. The summed E-state index contributed by atoms with van der Waals surface area (Å²) in [5, 5.41) is 0. The van der Waals surface area contributed by atoms with Gasteiger partial charge in [-0.15, -0.1) is 0 Å². The molecule has 0 radical (unpaired) electrons. The van der Waals surface area contributed by atoms with Crippen LogP contribution in [-0.2, 0) is 11.3 Å². The van der Waals surface area contributed by atoms with Crippen molar-refractivity contribution in [3.63, 3.8) is 0 Å². The van der Waals surface area contributed by atoms with E-state index in [0.29, 0.717) is 12.3 Å². The standard InChI is InChI=1S/C20H25N3O3/c1-20(2)14-21-18(26-20)16-9-7-11-23(13-16)12-15-8-5-6-10-17(15)25-19(24)22(3)4/h5-8,10-11,13-14,18H,9,12H2,1-4H3. The van der Waals surface area contributed by atoms with E-state index in [1.165, 1.54) is 4.90 Å². The van der Waals surface area contributed by atoms with Crippen molar-refractivity contribution in [1.29, 1.82) is 0 Å². The molecule has 0 aliphatic carbocycles. The highest BCUT2D eigenvalue weighted by molar-refractivity contribution is 5.70.